The molecular formula is C18H24N4O4S. The van der Waals surface area contributed by atoms with Crippen LogP contribution in [0.5, 0.6) is 17.2 Å². The van der Waals surface area contributed by atoms with E-state index in [0.29, 0.717) is 29.8 Å². The van der Waals surface area contributed by atoms with Crippen LogP contribution in [0.15, 0.2) is 17.3 Å². The highest BCUT2D eigenvalue weighted by Crippen LogP contribution is 2.38. The molecule has 27 heavy (non-hydrogen) atoms. The standard InChI is InChI=1S/C18H24N4O4S/c1-11-20-21-18(22(11)13-5-6-13)27-10-17(23)19-9-12-7-15(25-3)16(26-4)8-14(12)24-2/h7-8,13H,5-6,9-10H2,1-4H3,(H,19,23). The van der Waals surface area contributed by atoms with Gasteiger partial charge in [0, 0.05) is 24.2 Å². The molecule has 1 amide bonds. The summed E-state index contributed by atoms with van der Waals surface area (Å²) in [5.74, 6) is 2.89. The molecule has 1 fully saturated rings. The summed E-state index contributed by atoms with van der Waals surface area (Å²) in [7, 11) is 4.72. The third-order valence-corrected chi connectivity index (χ3v) is 5.29. The third kappa shape index (κ3) is 4.47. The highest BCUT2D eigenvalue weighted by atomic mass is 32.2. The van der Waals surface area contributed by atoms with Crippen LogP contribution < -0.4 is 19.5 Å². The van der Waals surface area contributed by atoms with Gasteiger partial charge in [-0.2, -0.15) is 0 Å². The van der Waals surface area contributed by atoms with Gasteiger partial charge in [0.15, 0.2) is 16.7 Å². The SMILES string of the molecule is COc1cc(OC)c(OC)cc1CNC(=O)CSc1nnc(C)n1C1CC1. The Morgan fingerprint density at radius 3 is 2.44 bits per heavy atom. The van der Waals surface area contributed by atoms with E-state index in [4.69, 9.17) is 14.2 Å². The molecule has 1 N–H and O–H groups in total. The van der Waals surface area contributed by atoms with Gasteiger partial charge in [0.2, 0.25) is 5.91 Å². The first kappa shape index (κ1) is 19.3. The van der Waals surface area contributed by atoms with Crippen LogP contribution in [0.3, 0.4) is 0 Å². The van der Waals surface area contributed by atoms with Crippen molar-refractivity contribution in [2.75, 3.05) is 27.1 Å². The number of thioether (sulfide) groups is 1. The van der Waals surface area contributed by atoms with Gasteiger partial charge in [-0.25, -0.2) is 0 Å². The van der Waals surface area contributed by atoms with Crippen LogP contribution in [-0.4, -0.2) is 47.8 Å². The maximum atomic E-state index is 12.3. The number of ether oxygens (including phenoxy) is 3. The lowest BCUT2D eigenvalue weighted by molar-refractivity contribution is -0.118. The van der Waals surface area contributed by atoms with E-state index < -0.39 is 0 Å². The fourth-order valence-corrected chi connectivity index (χ4v) is 3.69. The molecule has 1 aliphatic carbocycles. The largest absolute Gasteiger partial charge is 0.496 e. The predicted octanol–water partition coefficient (Wildman–Crippen LogP) is 2.36. The van der Waals surface area contributed by atoms with Gasteiger partial charge in [0.1, 0.15) is 11.6 Å². The van der Waals surface area contributed by atoms with Crippen molar-refractivity contribution in [1.82, 2.24) is 20.1 Å². The van der Waals surface area contributed by atoms with E-state index in [2.05, 4.69) is 20.1 Å². The second kappa shape index (κ2) is 8.51. The molecule has 0 bridgehead atoms. The Morgan fingerprint density at radius 2 is 1.81 bits per heavy atom. The first-order chi connectivity index (χ1) is 13.1. The second-order valence-corrected chi connectivity index (χ2v) is 7.16. The molecule has 1 saturated carbocycles. The number of methoxy groups -OCH3 is 3. The van der Waals surface area contributed by atoms with Crippen molar-refractivity contribution in [2.45, 2.75) is 37.5 Å². The molecule has 0 spiro atoms. The third-order valence-electron chi connectivity index (χ3n) is 4.34. The van der Waals surface area contributed by atoms with E-state index in [0.717, 1.165) is 29.4 Å². The van der Waals surface area contributed by atoms with Gasteiger partial charge in [-0.05, 0) is 25.8 Å². The zero-order valence-corrected chi connectivity index (χ0v) is 16.8. The molecular weight excluding hydrogens is 368 g/mol. The van der Waals surface area contributed by atoms with Crippen LogP contribution in [0, 0.1) is 6.92 Å². The zero-order valence-electron chi connectivity index (χ0n) is 15.9. The van der Waals surface area contributed by atoms with Crippen molar-refractivity contribution in [2.24, 2.45) is 0 Å². The Labute approximate surface area is 162 Å². The van der Waals surface area contributed by atoms with Crippen molar-refractivity contribution in [3.05, 3.63) is 23.5 Å². The summed E-state index contributed by atoms with van der Waals surface area (Å²) in [6, 6.07) is 4.04. The van der Waals surface area contributed by atoms with Crippen molar-refractivity contribution >= 4 is 17.7 Å². The van der Waals surface area contributed by atoms with Crippen LogP contribution in [0.2, 0.25) is 0 Å². The monoisotopic (exact) mass is 392 g/mol. The lowest BCUT2D eigenvalue weighted by Crippen LogP contribution is -2.25. The average molecular weight is 392 g/mol. The Hall–Kier alpha value is -2.42. The Bertz CT molecular complexity index is 820. The van der Waals surface area contributed by atoms with E-state index in [-0.39, 0.29) is 11.7 Å². The molecule has 1 heterocycles. The van der Waals surface area contributed by atoms with Crippen molar-refractivity contribution < 1.29 is 19.0 Å². The summed E-state index contributed by atoms with van der Waals surface area (Å²) < 4.78 is 18.1. The van der Waals surface area contributed by atoms with Gasteiger partial charge in [-0.3, -0.25) is 4.79 Å². The van der Waals surface area contributed by atoms with E-state index in [9.17, 15) is 4.79 Å². The highest BCUT2D eigenvalue weighted by Gasteiger charge is 2.28. The molecule has 0 radical (unpaired) electrons. The smallest absolute Gasteiger partial charge is 0.230 e. The first-order valence-electron chi connectivity index (χ1n) is 8.67. The van der Waals surface area contributed by atoms with Crippen LogP contribution in [0.25, 0.3) is 0 Å². The van der Waals surface area contributed by atoms with Gasteiger partial charge in [-0.15, -0.1) is 10.2 Å². The lowest BCUT2D eigenvalue weighted by atomic mass is 10.1. The van der Waals surface area contributed by atoms with Crippen molar-refractivity contribution in [3.63, 3.8) is 0 Å². The maximum absolute atomic E-state index is 12.3. The molecule has 146 valence electrons. The number of carbonyl (C=O) groups excluding carboxylic acids is 1. The van der Waals surface area contributed by atoms with Crippen LogP contribution in [0.1, 0.15) is 30.3 Å². The van der Waals surface area contributed by atoms with Crippen LogP contribution >= 0.6 is 11.8 Å². The summed E-state index contributed by atoms with van der Waals surface area (Å²) >= 11 is 1.40. The molecule has 0 aliphatic heterocycles. The fourth-order valence-electron chi connectivity index (χ4n) is 2.81. The quantitative estimate of drug-likeness (QED) is 0.656. The number of hydrogen-bond donors (Lipinski definition) is 1. The normalized spacial score (nSPS) is 13.3. The number of benzene rings is 1. The van der Waals surface area contributed by atoms with E-state index in [1.54, 1.807) is 33.5 Å². The predicted molar refractivity (Wildman–Crippen MR) is 102 cm³/mol. The Morgan fingerprint density at radius 1 is 1.15 bits per heavy atom. The summed E-state index contributed by atoms with van der Waals surface area (Å²) in [4.78, 5) is 12.3. The minimum Gasteiger partial charge on any atom is -0.496 e. The molecule has 3 rings (SSSR count). The number of aromatic nitrogens is 3. The molecule has 9 heteroatoms. The summed E-state index contributed by atoms with van der Waals surface area (Å²) in [6.45, 7) is 2.27. The summed E-state index contributed by atoms with van der Waals surface area (Å²) in [5.41, 5.74) is 0.811. The summed E-state index contributed by atoms with van der Waals surface area (Å²) in [6.07, 6.45) is 2.30. The van der Waals surface area contributed by atoms with Crippen LogP contribution in [0.4, 0.5) is 0 Å². The molecule has 0 saturated heterocycles. The van der Waals surface area contributed by atoms with E-state index in [1.807, 2.05) is 6.92 Å². The minimum absolute atomic E-state index is 0.0835. The molecule has 1 aromatic heterocycles. The van der Waals surface area contributed by atoms with Gasteiger partial charge in [0.05, 0.1) is 27.1 Å². The van der Waals surface area contributed by atoms with Crippen molar-refractivity contribution in [1.29, 1.82) is 0 Å². The Balaban J connectivity index is 1.59. The number of carbonyl (C=O) groups is 1. The number of hydrogen-bond acceptors (Lipinski definition) is 7. The first-order valence-corrected chi connectivity index (χ1v) is 9.65. The van der Waals surface area contributed by atoms with Crippen LogP contribution in [-0.2, 0) is 11.3 Å². The lowest BCUT2D eigenvalue weighted by Gasteiger charge is -2.14. The molecule has 0 unspecified atom stereocenters. The number of rotatable bonds is 9. The maximum Gasteiger partial charge on any atom is 0.230 e. The summed E-state index contributed by atoms with van der Waals surface area (Å²) in [5, 5.41) is 12.0. The van der Waals surface area contributed by atoms with Gasteiger partial charge >= 0.3 is 0 Å². The zero-order chi connectivity index (χ0) is 19.4. The molecule has 1 aromatic carbocycles. The number of aryl methyl sites for hydroxylation is 1. The number of nitrogens with one attached hydrogen (secondary N) is 1. The number of amides is 1. The molecule has 2 aromatic rings. The van der Waals surface area contributed by atoms with Gasteiger partial charge in [0.25, 0.3) is 0 Å². The van der Waals surface area contributed by atoms with E-state index in [1.165, 1.54) is 11.8 Å². The van der Waals surface area contributed by atoms with Crippen molar-refractivity contribution in [3.8, 4) is 17.2 Å². The van der Waals surface area contributed by atoms with E-state index >= 15 is 0 Å². The highest BCUT2D eigenvalue weighted by molar-refractivity contribution is 7.99. The topological polar surface area (TPSA) is 87.5 Å². The Kier molecular flexibility index (Phi) is 6.10. The molecule has 1 aliphatic rings. The molecule has 0 atom stereocenters. The number of nitrogens with zero attached hydrogens (tertiary/aromatic N) is 3. The minimum atomic E-state index is -0.0835. The molecule has 8 nitrogen and oxygen atoms in total. The fraction of sp³-hybridized carbons (Fsp3) is 0.500. The average Bonchev–Trinajstić information content (AvgIpc) is 3.46. The van der Waals surface area contributed by atoms with Gasteiger partial charge in [-0.1, -0.05) is 11.8 Å². The second-order valence-electron chi connectivity index (χ2n) is 6.22. The van der Waals surface area contributed by atoms with Gasteiger partial charge < -0.3 is 24.1 Å².